The number of ether oxygens (including phenoxy) is 2. The maximum atomic E-state index is 13.2. The lowest BCUT2D eigenvalue weighted by atomic mass is 9.99. The number of phenols is 4. The van der Waals surface area contributed by atoms with Crippen LogP contribution in [0.2, 0.25) is 0 Å². The number of aromatic hydroxyl groups is 4. The molecule has 1 aliphatic rings. The van der Waals surface area contributed by atoms with Crippen molar-refractivity contribution in [3.8, 4) is 40.1 Å². The fraction of sp³-hybridized carbons (Fsp3) is 0.286. The first kappa shape index (κ1) is 22.6. The molecule has 1 saturated heterocycles. The second kappa shape index (κ2) is 8.42. The largest absolute Gasteiger partial charge is 0.508 e. The third kappa shape index (κ3) is 3.90. The molecule has 0 radical (unpaired) electrons. The lowest BCUT2D eigenvalue weighted by Crippen LogP contribution is -2.60. The van der Waals surface area contributed by atoms with E-state index in [9.17, 15) is 45.6 Å². The Bertz CT molecular complexity index is 1250. The van der Waals surface area contributed by atoms with Gasteiger partial charge < -0.3 is 54.7 Å². The van der Waals surface area contributed by atoms with Crippen LogP contribution in [-0.4, -0.2) is 78.2 Å². The minimum absolute atomic E-state index is 0.0201. The standard InChI is InChI=1S/C21H20O12/c22-6-13-15(27)17(29)18(30)21(32-13)33-20-16(28)14-11(26)4-8(23)5-12(14)31-19(20)7-1-2-9(24)10(25)3-7/h1-5,13,15,17-18,21-27,29-30H,6H2/t13-,15+,17+,18-,21-/m0/s1. The third-order valence-corrected chi connectivity index (χ3v) is 5.24. The molecular weight excluding hydrogens is 444 g/mol. The molecule has 12 nitrogen and oxygen atoms in total. The summed E-state index contributed by atoms with van der Waals surface area (Å²) in [6.07, 6.45) is -8.40. The lowest BCUT2D eigenvalue weighted by molar-refractivity contribution is -0.277. The van der Waals surface area contributed by atoms with E-state index in [2.05, 4.69) is 0 Å². The van der Waals surface area contributed by atoms with Crippen molar-refractivity contribution < 1.29 is 54.7 Å². The van der Waals surface area contributed by atoms with Crippen molar-refractivity contribution >= 4 is 11.0 Å². The highest BCUT2D eigenvalue weighted by molar-refractivity contribution is 5.88. The molecule has 0 amide bonds. The fourth-order valence-electron chi connectivity index (χ4n) is 3.51. The van der Waals surface area contributed by atoms with E-state index in [-0.39, 0.29) is 22.3 Å². The number of aliphatic hydroxyl groups excluding tert-OH is 4. The van der Waals surface area contributed by atoms with Gasteiger partial charge in [-0.1, -0.05) is 0 Å². The van der Waals surface area contributed by atoms with Gasteiger partial charge in [0.15, 0.2) is 17.3 Å². The van der Waals surface area contributed by atoms with E-state index in [1.54, 1.807) is 0 Å². The van der Waals surface area contributed by atoms with Crippen LogP contribution in [0.25, 0.3) is 22.3 Å². The second-order valence-electron chi connectivity index (χ2n) is 7.45. The molecule has 0 bridgehead atoms. The number of fused-ring (bicyclic) bond motifs is 1. The van der Waals surface area contributed by atoms with E-state index in [1.807, 2.05) is 0 Å². The summed E-state index contributed by atoms with van der Waals surface area (Å²) in [7, 11) is 0. The number of benzene rings is 2. The van der Waals surface area contributed by atoms with Gasteiger partial charge >= 0.3 is 0 Å². The van der Waals surface area contributed by atoms with E-state index in [1.165, 1.54) is 6.07 Å². The Morgan fingerprint density at radius 2 is 1.61 bits per heavy atom. The maximum Gasteiger partial charge on any atom is 0.239 e. The van der Waals surface area contributed by atoms with Crippen molar-refractivity contribution in [3.05, 3.63) is 40.6 Å². The summed E-state index contributed by atoms with van der Waals surface area (Å²) in [4.78, 5) is 13.2. The molecule has 0 saturated carbocycles. The number of hydrogen-bond acceptors (Lipinski definition) is 12. The second-order valence-corrected chi connectivity index (χ2v) is 7.45. The topological polar surface area (TPSA) is 211 Å². The quantitative estimate of drug-likeness (QED) is 0.229. The van der Waals surface area contributed by atoms with Gasteiger partial charge in [0, 0.05) is 17.7 Å². The predicted octanol–water partition coefficient (Wildman–Crippen LogP) is -0.539. The SMILES string of the molecule is O=c1c(O[C@@H]2O[C@@H](CO)[C@@H](O)[C@@H](O)[C@@H]2O)c(-c2ccc(O)c(O)c2)oc2cc(O)cc(O)c12. The Kier molecular flexibility index (Phi) is 5.78. The molecule has 1 aromatic heterocycles. The van der Waals surface area contributed by atoms with E-state index >= 15 is 0 Å². The zero-order valence-electron chi connectivity index (χ0n) is 16.7. The first-order chi connectivity index (χ1) is 15.6. The molecule has 0 unspecified atom stereocenters. The zero-order valence-corrected chi connectivity index (χ0v) is 16.7. The van der Waals surface area contributed by atoms with E-state index in [0.717, 1.165) is 24.3 Å². The molecule has 3 aromatic rings. The highest BCUT2D eigenvalue weighted by atomic mass is 16.7. The van der Waals surface area contributed by atoms with E-state index in [0.29, 0.717) is 0 Å². The molecular formula is C21H20O12. The van der Waals surface area contributed by atoms with Crippen molar-refractivity contribution in [2.45, 2.75) is 30.7 Å². The predicted molar refractivity (Wildman–Crippen MR) is 109 cm³/mol. The minimum Gasteiger partial charge on any atom is -0.508 e. The van der Waals surface area contributed by atoms with Crippen molar-refractivity contribution in [3.63, 3.8) is 0 Å². The molecule has 176 valence electrons. The van der Waals surface area contributed by atoms with Crippen molar-refractivity contribution in [2.75, 3.05) is 6.61 Å². The summed E-state index contributed by atoms with van der Waals surface area (Å²) in [5.74, 6) is -3.05. The van der Waals surface area contributed by atoms with E-state index < -0.39 is 71.5 Å². The molecule has 12 heteroatoms. The number of hydrogen-bond donors (Lipinski definition) is 8. The fourth-order valence-corrected chi connectivity index (χ4v) is 3.51. The smallest absolute Gasteiger partial charge is 0.239 e. The molecule has 2 heterocycles. The Morgan fingerprint density at radius 3 is 2.27 bits per heavy atom. The monoisotopic (exact) mass is 464 g/mol. The molecule has 1 aliphatic heterocycles. The third-order valence-electron chi connectivity index (χ3n) is 5.24. The summed E-state index contributed by atoms with van der Waals surface area (Å²) in [5.41, 5.74) is -1.19. The normalized spacial score (nSPS) is 25.3. The van der Waals surface area contributed by atoms with Gasteiger partial charge in [-0.3, -0.25) is 4.79 Å². The molecule has 33 heavy (non-hydrogen) atoms. The molecule has 0 aliphatic carbocycles. The molecule has 0 spiro atoms. The van der Waals surface area contributed by atoms with Crippen LogP contribution in [0.3, 0.4) is 0 Å². The van der Waals surface area contributed by atoms with Gasteiger partial charge in [-0.25, -0.2) is 0 Å². The average Bonchev–Trinajstić information content (AvgIpc) is 2.76. The van der Waals surface area contributed by atoms with Crippen molar-refractivity contribution in [1.29, 1.82) is 0 Å². The highest BCUT2D eigenvalue weighted by Gasteiger charge is 2.45. The van der Waals surface area contributed by atoms with E-state index in [4.69, 9.17) is 13.9 Å². The Hall–Kier alpha value is -3.55. The molecule has 5 atom stereocenters. The van der Waals surface area contributed by atoms with Crippen molar-refractivity contribution in [2.24, 2.45) is 0 Å². The van der Waals surface area contributed by atoms with Gasteiger partial charge in [-0.05, 0) is 18.2 Å². The van der Waals surface area contributed by atoms with Crippen LogP contribution in [0, 0.1) is 0 Å². The van der Waals surface area contributed by atoms with Crippen LogP contribution in [0.1, 0.15) is 0 Å². The maximum absolute atomic E-state index is 13.2. The summed E-state index contributed by atoms with van der Waals surface area (Å²) in [5, 5.41) is 78.7. The number of phenolic OH excluding ortho intramolecular Hbond substituents is 4. The lowest BCUT2D eigenvalue weighted by Gasteiger charge is -2.39. The number of aliphatic hydroxyl groups is 4. The van der Waals surface area contributed by atoms with Crippen LogP contribution in [0.5, 0.6) is 28.7 Å². The van der Waals surface area contributed by atoms with Gasteiger partial charge in [-0.15, -0.1) is 0 Å². The van der Waals surface area contributed by atoms with Crippen LogP contribution in [0.15, 0.2) is 39.5 Å². The van der Waals surface area contributed by atoms with Crippen LogP contribution in [-0.2, 0) is 4.74 Å². The molecule has 1 fully saturated rings. The van der Waals surface area contributed by atoms with Gasteiger partial charge in [0.25, 0.3) is 0 Å². The summed E-state index contributed by atoms with van der Waals surface area (Å²) in [6, 6.07) is 5.36. The summed E-state index contributed by atoms with van der Waals surface area (Å²) < 4.78 is 16.5. The highest BCUT2D eigenvalue weighted by Crippen LogP contribution is 2.39. The molecule has 8 N–H and O–H groups in total. The summed E-state index contributed by atoms with van der Waals surface area (Å²) in [6.45, 7) is -0.740. The Balaban J connectivity index is 1.91. The first-order valence-electron chi connectivity index (χ1n) is 9.64. The first-order valence-corrected chi connectivity index (χ1v) is 9.64. The zero-order chi connectivity index (χ0) is 24.0. The van der Waals surface area contributed by atoms with Crippen LogP contribution >= 0.6 is 0 Å². The average molecular weight is 464 g/mol. The number of rotatable bonds is 4. The molecule has 4 rings (SSSR count). The van der Waals surface area contributed by atoms with Crippen LogP contribution < -0.4 is 10.2 Å². The van der Waals surface area contributed by atoms with Gasteiger partial charge in [0.05, 0.1) is 6.61 Å². The Labute approximate surface area is 184 Å². The Morgan fingerprint density at radius 1 is 0.879 bits per heavy atom. The van der Waals surface area contributed by atoms with Gasteiger partial charge in [0.1, 0.15) is 46.9 Å². The van der Waals surface area contributed by atoms with Crippen LogP contribution in [0.4, 0.5) is 0 Å². The van der Waals surface area contributed by atoms with Gasteiger partial charge in [0.2, 0.25) is 17.5 Å². The molecule has 2 aromatic carbocycles. The minimum atomic E-state index is -1.85. The van der Waals surface area contributed by atoms with Gasteiger partial charge in [-0.2, -0.15) is 0 Å². The summed E-state index contributed by atoms with van der Waals surface area (Å²) >= 11 is 0. The van der Waals surface area contributed by atoms with Crippen molar-refractivity contribution in [1.82, 2.24) is 0 Å².